The summed E-state index contributed by atoms with van der Waals surface area (Å²) in [5.41, 5.74) is 0.624. The lowest BCUT2D eigenvalue weighted by atomic mass is 9.99. The van der Waals surface area contributed by atoms with Gasteiger partial charge in [-0.25, -0.2) is 0 Å². The van der Waals surface area contributed by atoms with Gasteiger partial charge in [0.25, 0.3) is 5.91 Å². The van der Waals surface area contributed by atoms with Crippen LogP contribution in [-0.2, 0) is 0 Å². The van der Waals surface area contributed by atoms with Crippen LogP contribution in [0, 0.1) is 0 Å². The lowest BCUT2D eigenvalue weighted by molar-refractivity contribution is 0.0924. The third-order valence-corrected chi connectivity index (χ3v) is 5.22. The van der Waals surface area contributed by atoms with Crippen LogP contribution in [0.15, 0.2) is 22.7 Å². The van der Waals surface area contributed by atoms with Crippen LogP contribution in [0.4, 0.5) is 0 Å². The van der Waals surface area contributed by atoms with Crippen molar-refractivity contribution in [1.82, 2.24) is 10.6 Å². The van der Waals surface area contributed by atoms with Crippen LogP contribution in [0.25, 0.3) is 0 Å². The van der Waals surface area contributed by atoms with Gasteiger partial charge in [-0.3, -0.25) is 4.79 Å². The van der Waals surface area contributed by atoms with Gasteiger partial charge < -0.3 is 10.6 Å². The van der Waals surface area contributed by atoms with Gasteiger partial charge in [0.05, 0.1) is 5.02 Å². The first-order valence-electron chi connectivity index (χ1n) is 6.64. The number of amides is 1. The Kier molecular flexibility index (Phi) is 3.83. The average molecular weight is 344 g/mol. The first-order chi connectivity index (χ1) is 9.11. The maximum Gasteiger partial charge on any atom is 0.251 e. The van der Waals surface area contributed by atoms with Crippen molar-refractivity contribution in [2.75, 3.05) is 0 Å². The van der Waals surface area contributed by atoms with Crippen molar-refractivity contribution >= 4 is 33.4 Å². The van der Waals surface area contributed by atoms with Crippen molar-refractivity contribution < 1.29 is 4.79 Å². The Morgan fingerprint density at radius 1 is 1.32 bits per heavy atom. The fourth-order valence-corrected chi connectivity index (χ4v) is 3.51. The predicted octanol–water partition coefficient (Wildman–Crippen LogP) is 3.12. The molecule has 1 aromatic carbocycles. The molecule has 19 heavy (non-hydrogen) atoms. The molecule has 2 N–H and O–H groups in total. The topological polar surface area (TPSA) is 41.1 Å². The monoisotopic (exact) mass is 342 g/mol. The van der Waals surface area contributed by atoms with Crippen LogP contribution < -0.4 is 10.6 Å². The summed E-state index contributed by atoms with van der Waals surface area (Å²) in [6.45, 7) is 0. The molecule has 0 saturated carbocycles. The molecule has 2 unspecified atom stereocenters. The standard InChI is InChI=1S/C14H16BrClN2O/c15-12-4-1-8(5-13(12)16)14(19)18-11-6-9-2-3-10(7-11)17-9/h1,4-5,9-11,17H,2-3,6-7H2,(H,18,19). The molecule has 0 aromatic heterocycles. The number of hydrogen-bond donors (Lipinski definition) is 2. The van der Waals surface area contributed by atoms with E-state index < -0.39 is 0 Å². The van der Waals surface area contributed by atoms with Crippen LogP contribution in [0.2, 0.25) is 5.02 Å². The normalized spacial score (nSPS) is 29.3. The highest BCUT2D eigenvalue weighted by molar-refractivity contribution is 9.10. The molecule has 3 nitrogen and oxygen atoms in total. The van der Waals surface area contributed by atoms with E-state index in [1.807, 2.05) is 6.07 Å². The second kappa shape index (κ2) is 5.43. The van der Waals surface area contributed by atoms with E-state index >= 15 is 0 Å². The van der Waals surface area contributed by atoms with Gasteiger partial charge in [-0.05, 0) is 59.8 Å². The van der Waals surface area contributed by atoms with E-state index in [2.05, 4.69) is 26.6 Å². The molecule has 2 aliphatic heterocycles. The molecule has 2 saturated heterocycles. The number of halogens is 2. The Balaban J connectivity index is 1.66. The van der Waals surface area contributed by atoms with Crippen LogP contribution in [0.1, 0.15) is 36.0 Å². The first-order valence-corrected chi connectivity index (χ1v) is 7.81. The Morgan fingerprint density at radius 2 is 2.00 bits per heavy atom. The van der Waals surface area contributed by atoms with E-state index in [0.717, 1.165) is 17.3 Å². The lowest BCUT2D eigenvalue weighted by Gasteiger charge is -2.29. The van der Waals surface area contributed by atoms with Gasteiger partial charge in [0.1, 0.15) is 0 Å². The Hall–Kier alpha value is -0.580. The smallest absolute Gasteiger partial charge is 0.251 e. The molecule has 0 spiro atoms. The van der Waals surface area contributed by atoms with Gasteiger partial charge in [0.15, 0.2) is 0 Å². The quantitative estimate of drug-likeness (QED) is 0.866. The summed E-state index contributed by atoms with van der Waals surface area (Å²) in [7, 11) is 0. The van der Waals surface area contributed by atoms with Crippen molar-refractivity contribution in [3.63, 3.8) is 0 Å². The Morgan fingerprint density at radius 3 is 2.63 bits per heavy atom. The molecule has 0 aliphatic carbocycles. The predicted molar refractivity (Wildman–Crippen MR) is 79.6 cm³/mol. The highest BCUT2D eigenvalue weighted by Crippen LogP contribution is 2.27. The number of carbonyl (C=O) groups is 1. The molecule has 2 fully saturated rings. The van der Waals surface area contributed by atoms with Crippen LogP contribution in [-0.4, -0.2) is 24.0 Å². The minimum absolute atomic E-state index is 0.0271. The van der Waals surface area contributed by atoms with E-state index in [-0.39, 0.29) is 11.9 Å². The van der Waals surface area contributed by atoms with Crippen molar-refractivity contribution in [3.8, 4) is 0 Å². The second-order valence-electron chi connectivity index (χ2n) is 5.41. The van der Waals surface area contributed by atoms with E-state index in [0.29, 0.717) is 22.7 Å². The first kappa shape index (κ1) is 13.4. The van der Waals surface area contributed by atoms with Crippen molar-refractivity contribution in [2.45, 2.75) is 43.8 Å². The van der Waals surface area contributed by atoms with E-state index in [9.17, 15) is 4.79 Å². The molecule has 1 aromatic rings. The molecule has 2 bridgehead atoms. The van der Waals surface area contributed by atoms with Gasteiger partial charge >= 0.3 is 0 Å². The van der Waals surface area contributed by atoms with Crippen LogP contribution in [0.5, 0.6) is 0 Å². The zero-order valence-corrected chi connectivity index (χ0v) is 12.8. The SMILES string of the molecule is O=C(NC1CC2CCC(C1)N2)c1ccc(Br)c(Cl)c1. The third-order valence-electron chi connectivity index (χ3n) is 3.99. The highest BCUT2D eigenvalue weighted by Gasteiger charge is 2.34. The Labute approximate surface area is 126 Å². The summed E-state index contributed by atoms with van der Waals surface area (Å²) in [6.07, 6.45) is 4.54. The number of rotatable bonds is 2. The number of carbonyl (C=O) groups excluding carboxylic acids is 1. The van der Waals surface area contributed by atoms with Crippen molar-refractivity contribution in [1.29, 1.82) is 0 Å². The number of benzene rings is 1. The molecule has 1 amide bonds. The van der Waals surface area contributed by atoms with Gasteiger partial charge in [-0.2, -0.15) is 0 Å². The maximum absolute atomic E-state index is 12.2. The zero-order chi connectivity index (χ0) is 13.4. The minimum atomic E-state index is -0.0271. The number of fused-ring (bicyclic) bond motifs is 2. The summed E-state index contributed by atoms with van der Waals surface area (Å²) in [4.78, 5) is 12.2. The molecule has 5 heteroatoms. The van der Waals surface area contributed by atoms with Crippen LogP contribution in [0.3, 0.4) is 0 Å². The molecular weight excluding hydrogens is 328 g/mol. The Bertz CT molecular complexity index is 496. The molecule has 2 heterocycles. The summed E-state index contributed by atoms with van der Waals surface area (Å²) in [6, 6.07) is 6.75. The fourth-order valence-electron chi connectivity index (χ4n) is 3.08. The number of hydrogen-bond acceptors (Lipinski definition) is 2. The summed E-state index contributed by atoms with van der Waals surface area (Å²) in [5, 5.41) is 7.27. The molecule has 3 rings (SSSR count). The molecule has 102 valence electrons. The van der Waals surface area contributed by atoms with Crippen molar-refractivity contribution in [3.05, 3.63) is 33.3 Å². The number of nitrogens with one attached hydrogen (secondary N) is 2. The highest BCUT2D eigenvalue weighted by atomic mass is 79.9. The zero-order valence-electron chi connectivity index (χ0n) is 10.5. The number of piperidine rings is 1. The van der Waals surface area contributed by atoms with Gasteiger partial charge in [-0.1, -0.05) is 11.6 Å². The largest absolute Gasteiger partial charge is 0.349 e. The van der Waals surface area contributed by atoms with E-state index in [4.69, 9.17) is 11.6 Å². The van der Waals surface area contributed by atoms with Crippen molar-refractivity contribution in [2.24, 2.45) is 0 Å². The summed E-state index contributed by atoms with van der Waals surface area (Å²) < 4.78 is 0.811. The molecule has 0 radical (unpaired) electrons. The lowest BCUT2D eigenvalue weighted by Crippen LogP contribution is -2.48. The van der Waals surface area contributed by atoms with Gasteiger partial charge in [0, 0.05) is 28.2 Å². The van der Waals surface area contributed by atoms with E-state index in [1.165, 1.54) is 12.8 Å². The summed E-state index contributed by atoms with van der Waals surface area (Å²) in [5.74, 6) is -0.0271. The average Bonchev–Trinajstić information content (AvgIpc) is 2.72. The summed E-state index contributed by atoms with van der Waals surface area (Å²) >= 11 is 9.35. The molecule has 2 aliphatic rings. The third kappa shape index (κ3) is 2.96. The minimum Gasteiger partial charge on any atom is -0.349 e. The fraction of sp³-hybridized carbons (Fsp3) is 0.500. The van der Waals surface area contributed by atoms with E-state index in [1.54, 1.807) is 12.1 Å². The maximum atomic E-state index is 12.2. The van der Waals surface area contributed by atoms with Gasteiger partial charge in [-0.15, -0.1) is 0 Å². The van der Waals surface area contributed by atoms with Crippen LogP contribution >= 0.6 is 27.5 Å². The molecular formula is C14H16BrClN2O. The second-order valence-corrected chi connectivity index (χ2v) is 6.67. The van der Waals surface area contributed by atoms with Gasteiger partial charge in [0.2, 0.25) is 0 Å². The molecule has 2 atom stereocenters.